The van der Waals surface area contributed by atoms with Crippen LogP contribution in [0.2, 0.25) is 0 Å². The van der Waals surface area contributed by atoms with E-state index in [1.807, 2.05) is 6.92 Å². The molecule has 4 heteroatoms. The summed E-state index contributed by atoms with van der Waals surface area (Å²) in [5.41, 5.74) is -0.727. The molecule has 0 saturated carbocycles. The molecule has 0 aliphatic rings. The van der Waals surface area contributed by atoms with Crippen molar-refractivity contribution in [3.05, 3.63) is 0 Å². The van der Waals surface area contributed by atoms with Crippen molar-refractivity contribution in [1.29, 1.82) is 0 Å². The van der Waals surface area contributed by atoms with Gasteiger partial charge in [-0.1, -0.05) is 33.1 Å². The Kier molecular flexibility index (Phi) is 9.98. The molecule has 18 heavy (non-hydrogen) atoms. The fourth-order valence-corrected chi connectivity index (χ4v) is 1.72. The Morgan fingerprint density at radius 3 is 2.44 bits per heavy atom. The quantitative estimate of drug-likeness (QED) is 0.457. The zero-order valence-electron chi connectivity index (χ0n) is 12.4. The van der Waals surface area contributed by atoms with E-state index >= 15 is 0 Å². The molecule has 0 aromatic rings. The number of ether oxygens (including phenoxy) is 2. The van der Waals surface area contributed by atoms with Crippen LogP contribution >= 0.6 is 0 Å². The predicted molar refractivity (Wildman–Crippen MR) is 73.7 cm³/mol. The maximum Gasteiger partial charge on any atom is 0.328 e. The average Bonchev–Trinajstić information content (AvgIpc) is 2.39. The van der Waals surface area contributed by atoms with Gasteiger partial charge in [0.2, 0.25) is 0 Å². The molecule has 108 valence electrons. The van der Waals surface area contributed by atoms with Gasteiger partial charge >= 0.3 is 5.97 Å². The number of methoxy groups -OCH3 is 1. The van der Waals surface area contributed by atoms with Crippen LogP contribution in [-0.2, 0) is 14.3 Å². The number of unbranched alkanes of at least 4 members (excludes halogenated alkanes) is 3. The molecule has 0 aliphatic heterocycles. The van der Waals surface area contributed by atoms with Crippen LogP contribution in [0, 0.1) is 0 Å². The monoisotopic (exact) mass is 259 g/mol. The lowest BCUT2D eigenvalue weighted by molar-refractivity contribution is -0.150. The molecule has 1 unspecified atom stereocenters. The third-order valence-electron chi connectivity index (χ3n) is 2.93. The zero-order valence-corrected chi connectivity index (χ0v) is 12.4. The molecule has 0 aromatic carbocycles. The fourth-order valence-electron chi connectivity index (χ4n) is 1.72. The van der Waals surface area contributed by atoms with Crippen molar-refractivity contribution in [2.45, 2.75) is 58.4 Å². The Bertz CT molecular complexity index is 221. The van der Waals surface area contributed by atoms with Crippen LogP contribution in [0.4, 0.5) is 0 Å². The highest BCUT2D eigenvalue weighted by Gasteiger charge is 2.33. The van der Waals surface area contributed by atoms with Gasteiger partial charge in [-0.25, -0.2) is 4.79 Å². The Hall–Kier alpha value is -0.610. The van der Waals surface area contributed by atoms with E-state index in [2.05, 4.69) is 19.2 Å². The summed E-state index contributed by atoms with van der Waals surface area (Å²) < 4.78 is 10.4. The lowest BCUT2D eigenvalue weighted by Gasteiger charge is -2.27. The number of carbonyl (C=O) groups excluding carboxylic acids is 1. The lowest BCUT2D eigenvalue weighted by Crippen LogP contribution is -2.54. The SMILES string of the molecule is CCCCCCOCC(C)(NCCC)C(=O)OC. The van der Waals surface area contributed by atoms with E-state index in [9.17, 15) is 4.79 Å². The molecule has 4 nitrogen and oxygen atoms in total. The van der Waals surface area contributed by atoms with Gasteiger partial charge in [0.05, 0.1) is 13.7 Å². The summed E-state index contributed by atoms with van der Waals surface area (Å²) in [5.74, 6) is -0.260. The van der Waals surface area contributed by atoms with Crippen molar-refractivity contribution >= 4 is 5.97 Å². The number of rotatable bonds is 11. The Morgan fingerprint density at radius 2 is 1.89 bits per heavy atom. The van der Waals surface area contributed by atoms with Gasteiger partial charge in [0.1, 0.15) is 5.54 Å². The van der Waals surface area contributed by atoms with E-state index in [4.69, 9.17) is 9.47 Å². The molecule has 1 atom stereocenters. The van der Waals surface area contributed by atoms with Crippen LogP contribution in [-0.4, -0.2) is 38.4 Å². The first-order chi connectivity index (χ1) is 8.60. The highest BCUT2D eigenvalue weighted by molar-refractivity contribution is 5.80. The van der Waals surface area contributed by atoms with Crippen LogP contribution in [0.3, 0.4) is 0 Å². The Morgan fingerprint density at radius 1 is 1.17 bits per heavy atom. The molecule has 0 heterocycles. The minimum absolute atomic E-state index is 0.260. The molecule has 0 radical (unpaired) electrons. The number of esters is 1. The minimum Gasteiger partial charge on any atom is -0.468 e. The van der Waals surface area contributed by atoms with Crippen molar-refractivity contribution in [2.75, 3.05) is 26.9 Å². The molecule has 0 bridgehead atoms. The second-order valence-corrected chi connectivity index (χ2v) is 4.86. The summed E-state index contributed by atoms with van der Waals surface area (Å²) in [6.07, 6.45) is 5.68. The van der Waals surface area contributed by atoms with Crippen LogP contribution in [0.1, 0.15) is 52.9 Å². The summed E-state index contributed by atoms with van der Waals surface area (Å²) >= 11 is 0. The van der Waals surface area contributed by atoms with Crippen molar-refractivity contribution in [2.24, 2.45) is 0 Å². The van der Waals surface area contributed by atoms with Gasteiger partial charge in [-0.3, -0.25) is 0 Å². The number of hydrogen-bond acceptors (Lipinski definition) is 4. The third kappa shape index (κ3) is 6.97. The maximum absolute atomic E-state index is 11.7. The zero-order chi connectivity index (χ0) is 13.9. The molecule has 1 N–H and O–H groups in total. The topological polar surface area (TPSA) is 47.6 Å². The molecule has 0 saturated heterocycles. The molecule has 0 spiro atoms. The molecular weight excluding hydrogens is 230 g/mol. The van der Waals surface area contributed by atoms with Crippen molar-refractivity contribution in [1.82, 2.24) is 5.32 Å². The second-order valence-electron chi connectivity index (χ2n) is 4.86. The first-order valence-electron chi connectivity index (χ1n) is 7.02. The largest absolute Gasteiger partial charge is 0.468 e. The molecule has 0 amide bonds. The van der Waals surface area contributed by atoms with Gasteiger partial charge in [-0.2, -0.15) is 0 Å². The molecule has 0 aliphatic carbocycles. The van der Waals surface area contributed by atoms with Gasteiger partial charge in [0.25, 0.3) is 0 Å². The summed E-state index contributed by atoms with van der Waals surface area (Å²) in [6.45, 7) is 7.94. The highest BCUT2D eigenvalue weighted by atomic mass is 16.5. The smallest absolute Gasteiger partial charge is 0.328 e. The van der Waals surface area contributed by atoms with Gasteiger partial charge in [0.15, 0.2) is 0 Å². The highest BCUT2D eigenvalue weighted by Crippen LogP contribution is 2.08. The Labute approximate surface area is 111 Å². The maximum atomic E-state index is 11.7. The first kappa shape index (κ1) is 17.4. The number of nitrogens with one attached hydrogen (secondary N) is 1. The van der Waals surface area contributed by atoms with E-state index in [1.165, 1.54) is 26.4 Å². The molecule has 0 aromatic heterocycles. The summed E-state index contributed by atoms with van der Waals surface area (Å²) in [5, 5.41) is 3.20. The van der Waals surface area contributed by atoms with Crippen LogP contribution < -0.4 is 5.32 Å². The number of hydrogen-bond donors (Lipinski definition) is 1. The average molecular weight is 259 g/mol. The van der Waals surface area contributed by atoms with Gasteiger partial charge < -0.3 is 14.8 Å². The van der Waals surface area contributed by atoms with Crippen molar-refractivity contribution < 1.29 is 14.3 Å². The molecule has 0 rings (SSSR count). The minimum atomic E-state index is -0.727. The van der Waals surface area contributed by atoms with E-state index in [0.29, 0.717) is 13.2 Å². The van der Waals surface area contributed by atoms with E-state index < -0.39 is 5.54 Å². The van der Waals surface area contributed by atoms with Crippen molar-refractivity contribution in [3.63, 3.8) is 0 Å². The first-order valence-corrected chi connectivity index (χ1v) is 7.02. The number of carbonyl (C=O) groups is 1. The van der Waals surface area contributed by atoms with E-state index in [0.717, 1.165) is 19.4 Å². The van der Waals surface area contributed by atoms with Gasteiger partial charge in [-0.05, 0) is 26.3 Å². The lowest BCUT2D eigenvalue weighted by atomic mass is 10.0. The second kappa shape index (κ2) is 10.3. The molecular formula is C14H29NO3. The normalized spacial score (nSPS) is 14.2. The van der Waals surface area contributed by atoms with E-state index in [-0.39, 0.29) is 5.97 Å². The van der Waals surface area contributed by atoms with Gasteiger partial charge in [0, 0.05) is 6.61 Å². The molecule has 0 fully saturated rings. The van der Waals surface area contributed by atoms with E-state index in [1.54, 1.807) is 0 Å². The standard InChI is InChI=1S/C14H29NO3/c1-5-7-8-9-11-18-12-14(3,13(16)17-4)15-10-6-2/h15H,5-12H2,1-4H3. The summed E-state index contributed by atoms with van der Waals surface area (Å²) in [6, 6.07) is 0. The predicted octanol–water partition coefficient (Wildman–Crippen LogP) is 2.51. The Balaban J connectivity index is 3.97. The van der Waals surface area contributed by atoms with Crippen LogP contribution in [0.15, 0.2) is 0 Å². The fraction of sp³-hybridized carbons (Fsp3) is 0.929. The van der Waals surface area contributed by atoms with Crippen molar-refractivity contribution in [3.8, 4) is 0 Å². The van der Waals surface area contributed by atoms with Crippen LogP contribution in [0.25, 0.3) is 0 Å². The summed E-state index contributed by atoms with van der Waals surface area (Å²) in [4.78, 5) is 11.7. The third-order valence-corrected chi connectivity index (χ3v) is 2.93. The summed E-state index contributed by atoms with van der Waals surface area (Å²) in [7, 11) is 1.41. The van der Waals surface area contributed by atoms with Gasteiger partial charge in [-0.15, -0.1) is 0 Å². The van der Waals surface area contributed by atoms with Crippen LogP contribution in [0.5, 0.6) is 0 Å².